The Hall–Kier alpha value is -2.19. The van der Waals surface area contributed by atoms with Gasteiger partial charge in [0, 0.05) is 0 Å². The monoisotopic (exact) mass is 399 g/mol. The zero-order valence-electron chi connectivity index (χ0n) is 15.1. The van der Waals surface area contributed by atoms with Gasteiger partial charge < -0.3 is 9.29 Å². The maximum atomic E-state index is 12.9. The zero-order valence-corrected chi connectivity index (χ0v) is 15.9. The molecule has 2 rings (SSSR count). The highest BCUT2D eigenvalue weighted by molar-refractivity contribution is 7.89. The minimum absolute atomic E-state index is 0.0105. The second-order valence-electron chi connectivity index (χ2n) is 6.77. The number of nitrogens with zero attached hydrogens (tertiary/aromatic N) is 1. The summed E-state index contributed by atoms with van der Waals surface area (Å²) in [6.07, 6.45) is -5.31. The van der Waals surface area contributed by atoms with Gasteiger partial charge in [0.05, 0.1) is 12.1 Å². The van der Waals surface area contributed by atoms with Gasteiger partial charge in [0.1, 0.15) is 17.0 Å². The van der Waals surface area contributed by atoms with Crippen LogP contribution in [0, 0.1) is 0 Å². The average Bonchev–Trinajstić information content (AvgIpc) is 2.58. The summed E-state index contributed by atoms with van der Waals surface area (Å²) in [6.45, 7) is 5.01. The minimum atomic E-state index is -4.49. The maximum Gasteiger partial charge on any atom is 0.452 e. The van der Waals surface area contributed by atoms with Crippen molar-refractivity contribution in [1.82, 2.24) is 4.31 Å². The highest BCUT2D eigenvalue weighted by atomic mass is 32.2. The Morgan fingerprint density at radius 3 is 2.07 bits per heavy atom. The van der Waals surface area contributed by atoms with Crippen molar-refractivity contribution >= 4 is 17.5 Å². The van der Waals surface area contributed by atoms with Crippen molar-refractivity contribution in [2.24, 2.45) is 0 Å². The number of rotatable bonds is 4. The van der Waals surface area contributed by atoms with Gasteiger partial charge in [-0.25, -0.2) is 4.79 Å². The van der Waals surface area contributed by atoms with Crippen LogP contribution in [0.25, 0.3) is 0 Å². The summed E-state index contributed by atoms with van der Waals surface area (Å²) in [7, 11) is 0. The SMILES string of the molecule is CC(C)(C)OC(=O)N(Cc1ccccc1)[S+]([O-])c1ccc(C(F)(F)F)cc1. The number of carbonyl (C=O) groups is 1. The molecule has 0 aliphatic carbocycles. The first-order chi connectivity index (χ1) is 12.5. The predicted molar refractivity (Wildman–Crippen MR) is 96.1 cm³/mol. The first-order valence-corrected chi connectivity index (χ1v) is 9.21. The Labute approximate surface area is 159 Å². The number of halogens is 3. The van der Waals surface area contributed by atoms with E-state index < -0.39 is 34.8 Å². The third-order valence-corrected chi connectivity index (χ3v) is 4.70. The van der Waals surface area contributed by atoms with Gasteiger partial charge in [0.25, 0.3) is 0 Å². The quantitative estimate of drug-likeness (QED) is 0.667. The minimum Gasteiger partial charge on any atom is -0.588 e. The van der Waals surface area contributed by atoms with Gasteiger partial charge in [0.2, 0.25) is 0 Å². The summed E-state index contributed by atoms with van der Waals surface area (Å²) in [6, 6.07) is 12.7. The highest BCUT2D eigenvalue weighted by Crippen LogP contribution is 2.30. The predicted octanol–water partition coefficient (Wildman–Crippen LogP) is 5.17. The molecule has 0 N–H and O–H groups in total. The first-order valence-electron chi connectivity index (χ1n) is 8.11. The van der Waals surface area contributed by atoms with Gasteiger partial charge in [-0.1, -0.05) is 30.3 Å². The first kappa shape index (κ1) is 21.1. The summed E-state index contributed by atoms with van der Waals surface area (Å²) in [4.78, 5) is 12.6. The Balaban J connectivity index is 2.29. The Morgan fingerprint density at radius 2 is 1.59 bits per heavy atom. The van der Waals surface area contributed by atoms with Crippen molar-refractivity contribution in [1.29, 1.82) is 0 Å². The summed E-state index contributed by atoms with van der Waals surface area (Å²) < 4.78 is 57.3. The van der Waals surface area contributed by atoms with E-state index in [1.54, 1.807) is 51.1 Å². The topological polar surface area (TPSA) is 52.6 Å². The zero-order chi connectivity index (χ0) is 20.2. The van der Waals surface area contributed by atoms with Crippen molar-refractivity contribution in [3.05, 3.63) is 65.7 Å². The molecule has 1 atom stereocenters. The van der Waals surface area contributed by atoms with Crippen LogP contribution >= 0.6 is 0 Å². The Kier molecular flexibility index (Phi) is 6.43. The highest BCUT2D eigenvalue weighted by Gasteiger charge is 2.34. The van der Waals surface area contributed by atoms with E-state index in [2.05, 4.69) is 0 Å². The molecule has 8 heteroatoms. The van der Waals surface area contributed by atoms with E-state index in [0.29, 0.717) is 5.56 Å². The van der Waals surface area contributed by atoms with Crippen LogP contribution in [0.4, 0.5) is 18.0 Å². The molecule has 0 aromatic heterocycles. The fourth-order valence-electron chi connectivity index (χ4n) is 2.14. The molecule has 0 heterocycles. The van der Waals surface area contributed by atoms with Crippen molar-refractivity contribution in [2.45, 2.75) is 44.0 Å². The molecule has 2 aromatic carbocycles. The number of hydrogen-bond acceptors (Lipinski definition) is 3. The van der Waals surface area contributed by atoms with Crippen LogP contribution in [0.15, 0.2) is 59.5 Å². The molecule has 4 nitrogen and oxygen atoms in total. The van der Waals surface area contributed by atoms with E-state index in [1.807, 2.05) is 0 Å². The molecule has 0 bridgehead atoms. The molecule has 27 heavy (non-hydrogen) atoms. The lowest BCUT2D eigenvalue weighted by atomic mass is 10.2. The van der Waals surface area contributed by atoms with Crippen LogP contribution in [0.5, 0.6) is 0 Å². The molecule has 146 valence electrons. The molecule has 0 aliphatic heterocycles. The van der Waals surface area contributed by atoms with Gasteiger partial charge >= 0.3 is 12.3 Å². The maximum absolute atomic E-state index is 12.9. The van der Waals surface area contributed by atoms with Gasteiger partial charge in [-0.05, 0) is 50.6 Å². The molecule has 0 aliphatic rings. The largest absolute Gasteiger partial charge is 0.588 e. The molecular formula is C19H20F3NO3S. The molecular weight excluding hydrogens is 379 g/mol. The van der Waals surface area contributed by atoms with E-state index in [1.165, 1.54) is 0 Å². The van der Waals surface area contributed by atoms with Gasteiger partial charge in [-0.2, -0.15) is 13.2 Å². The van der Waals surface area contributed by atoms with Crippen molar-refractivity contribution in [3.63, 3.8) is 0 Å². The molecule has 1 amide bonds. The smallest absolute Gasteiger partial charge is 0.452 e. The summed E-state index contributed by atoms with van der Waals surface area (Å²) in [5.74, 6) is 0. The van der Waals surface area contributed by atoms with E-state index in [0.717, 1.165) is 28.6 Å². The molecule has 0 radical (unpaired) electrons. The fraction of sp³-hybridized carbons (Fsp3) is 0.316. The van der Waals surface area contributed by atoms with Gasteiger partial charge in [0.15, 0.2) is 4.90 Å². The van der Waals surface area contributed by atoms with Crippen LogP contribution in [-0.2, 0) is 28.8 Å². The molecule has 1 unspecified atom stereocenters. The number of amides is 1. The molecule has 2 aromatic rings. The second-order valence-corrected chi connectivity index (χ2v) is 8.18. The lowest BCUT2D eigenvalue weighted by Gasteiger charge is -2.27. The van der Waals surface area contributed by atoms with Crippen molar-refractivity contribution in [3.8, 4) is 0 Å². The lowest BCUT2D eigenvalue weighted by molar-refractivity contribution is -0.137. The summed E-state index contributed by atoms with van der Waals surface area (Å²) in [5.41, 5.74) is -0.949. The van der Waals surface area contributed by atoms with Crippen molar-refractivity contribution in [2.75, 3.05) is 0 Å². The van der Waals surface area contributed by atoms with E-state index in [-0.39, 0.29) is 11.4 Å². The van der Waals surface area contributed by atoms with Crippen molar-refractivity contribution < 1.29 is 27.3 Å². The number of hydrogen-bond donors (Lipinski definition) is 0. The Bertz CT molecular complexity index is 759. The van der Waals surface area contributed by atoms with Crippen LogP contribution in [0.2, 0.25) is 0 Å². The number of alkyl halides is 3. The third kappa shape index (κ3) is 6.18. The molecule has 0 spiro atoms. The van der Waals surface area contributed by atoms with Gasteiger partial charge in [-0.15, -0.1) is 4.31 Å². The van der Waals surface area contributed by atoms with E-state index in [9.17, 15) is 22.5 Å². The number of carbonyl (C=O) groups excluding carboxylic acids is 1. The van der Waals surface area contributed by atoms with Crippen LogP contribution < -0.4 is 0 Å². The summed E-state index contributed by atoms with van der Waals surface area (Å²) >= 11 is -2.03. The normalized spacial score (nSPS) is 13.1. The standard InChI is InChI=1S/C19H20F3NO3S/c1-18(2,3)26-17(24)23(13-14-7-5-4-6-8-14)27(25)16-11-9-15(10-12-16)19(20,21)22/h4-12H,13H2,1-3H3. The lowest BCUT2D eigenvalue weighted by Crippen LogP contribution is -2.40. The molecule has 0 saturated carbocycles. The summed E-state index contributed by atoms with van der Waals surface area (Å²) in [5, 5.41) is 0. The average molecular weight is 399 g/mol. The van der Waals surface area contributed by atoms with Gasteiger partial charge in [-0.3, -0.25) is 0 Å². The van der Waals surface area contributed by atoms with Crippen LogP contribution in [0.3, 0.4) is 0 Å². The van der Waals surface area contributed by atoms with E-state index in [4.69, 9.17) is 4.74 Å². The Morgan fingerprint density at radius 1 is 1.04 bits per heavy atom. The number of benzene rings is 2. The fourth-order valence-corrected chi connectivity index (χ4v) is 3.20. The number of ether oxygens (including phenoxy) is 1. The third-order valence-electron chi connectivity index (χ3n) is 3.35. The molecule has 0 fully saturated rings. The van der Waals surface area contributed by atoms with E-state index >= 15 is 0 Å². The second kappa shape index (κ2) is 8.22. The molecule has 0 saturated heterocycles. The van der Waals surface area contributed by atoms with Crippen LogP contribution in [0.1, 0.15) is 31.9 Å². The van der Waals surface area contributed by atoms with Crippen LogP contribution in [-0.4, -0.2) is 20.6 Å².